The molecular weight excluding hydrogens is 296 g/mol. The van der Waals surface area contributed by atoms with E-state index in [1.54, 1.807) is 33.2 Å². The van der Waals surface area contributed by atoms with E-state index < -0.39 is 23.7 Å². The lowest BCUT2D eigenvalue weighted by molar-refractivity contribution is -0.139. The largest absolute Gasteiger partial charge is 0.480 e. The average molecular weight is 316 g/mol. The number of aliphatic carboxylic acids is 1. The predicted octanol–water partition coefficient (Wildman–Crippen LogP) is 2.76. The molecule has 1 aromatic heterocycles. The van der Waals surface area contributed by atoms with Crippen LogP contribution in [0.1, 0.15) is 26.3 Å². The van der Waals surface area contributed by atoms with Gasteiger partial charge in [0.05, 0.1) is 0 Å². The SMILES string of the molecule is CC(C)(C)OC(=O)NC(Cc1ccc2cnccc2c1)C(=O)O. The summed E-state index contributed by atoms with van der Waals surface area (Å²) in [5.41, 5.74) is 0.135. The van der Waals surface area contributed by atoms with Gasteiger partial charge in [0.15, 0.2) is 0 Å². The number of benzene rings is 1. The molecule has 0 radical (unpaired) electrons. The fourth-order valence-corrected chi connectivity index (χ4v) is 2.15. The van der Waals surface area contributed by atoms with E-state index in [0.29, 0.717) is 0 Å². The van der Waals surface area contributed by atoms with E-state index in [-0.39, 0.29) is 6.42 Å². The van der Waals surface area contributed by atoms with Gasteiger partial charge in [-0.1, -0.05) is 18.2 Å². The Labute approximate surface area is 134 Å². The fraction of sp³-hybridized carbons (Fsp3) is 0.353. The summed E-state index contributed by atoms with van der Waals surface area (Å²) in [6.45, 7) is 5.17. The summed E-state index contributed by atoms with van der Waals surface area (Å²) in [5.74, 6) is -1.11. The van der Waals surface area contributed by atoms with Crippen molar-refractivity contribution in [2.45, 2.75) is 38.8 Å². The Balaban J connectivity index is 2.11. The first-order chi connectivity index (χ1) is 10.7. The molecule has 1 unspecified atom stereocenters. The Kier molecular flexibility index (Phi) is 4.83. The number of aromatic nitrogens is 1. The van der Waals surface area contributed by atoms with E-state index in [4.69, 9.17) is 4.74 Å². The van der Waals surface area contributed by atoms with Crippen LogP contribution >= 0.6 is 0 Å². The minimum absolute atomic E-state index is 0.173. The molecule has 2 N–H and O–H groups in total. The highest BCUT2D eigenvalue weighted by Gasteiger charge is 2.24. The number of nitrogens with one attached hydrogen (secondary N) is 1. The zero-order valence-electron chi connectivity index (χ0n) is 13.4. The number of carbonyl (C=O) groups excluding carboxylic acids is 1. The van der Waals surface area contributed by atoms with Crippen LogP contribution in [0.2, 0.25) is 0 Å². The van der Waals surface area contributed by atoms with E-state index in [1.165, 1.54) is 0 Å². The van der Waals surface area contributed by atoms with Crippen molar-refractivity contribution in [2.24, 2.45) is 0 Å². The third-order valence-corrected chi connectivity index (χ3v) is 3.13. The molecule has 0 bridgehead atoms. The van der Waals surface area contributed by atoms with E-state index in [1.807, 2.05) is 24.3 Å². The molecule has 1 atom stereocenters. The molecule has 0 aliphatic rings. The summed E-state index contributed by atoms with van der Waals surface area (Å²) < 4.78 is 5.10. The van der Waals surface area contributed by atoms with Crippen LogP contribution in [-0.4, -0.2) is 33.8 Å². The highest BCUT2D eigenvalue weighted by atomic mass is 16.6. The summed E-state index contributed by atoms with van der Waals surface area (Å²) in [5, 5.41) is 13.7. The fourth-order valence-electron chi connectivity index (χ4n) is 2.15. The molecule has 1 heterocycles. The van der Waals surface area contributed by atoms with E-state index in [0.717, 1.165) is 16.3 Å². The molecular formula is C17H20N2O4. The van der Waals surface area contributed by atoms with Gasteiger partial charge in [-0.25, -0.2) is 9.59 Å². The van der Waals surface area contributed by atoms with Crippen molar-refractivity contribution < 1.29 is 19.4 Å². The second-order valence-corrected chi connectivity index (χ2v) is 6.30. The van der Waals surface area contributed by atoms with Gasteiger partial charge in [-0.15, -0.1) is 0 Å². The predicted molar refractivity (Wildman–Crippen MR) is 86.2 cm³/mol. The van der Waals surface area contributed by atoms with Crippen molar-refractivity contribution in [1.29, 1.82) is 0 Å². The van der Waals surface area contributed by atoms with E-state index >= 15 is 0 Å². The van der Waals surface area contributed by atoms with Gasteiger partial charge in [-0.3, -0.25) is 4.98 Å². The third kappa shape index (κ3) is 4.95. The number of pyridine rings is 1. The van der Waals surface area contributed by atoms with Crippen LogP contribution in [0, 0.1) is 0 Å². The number of alkyl carbamates (subject to hydrolysis) is 1. The van der Waals surface area contributed by atoms with Crippen LogP contribution in [0.3, 0.4) is 0 Å². The monoisotopic (exact) mass is 316 g/mol. The smallest absolute Gasteiger partial charge is 0.408 e. The zero-order valence-corrected chi connectivity index (χ0v) is 13.4. The summed E-state index contributed by atoms with van der Waals surface area (Å²) in [4.78, 5) is 27.2. The lowest BCUT2D eigenvalue weighted by Crippen LogP contribution is -2.44. The number of fused-ring (bicyclic) bond motifs is 1. The molecule has 1 amide bonds. The van der Waals surface area contributed by atoms with Crippen LogP contribution in [0.4, 0.5) is 4.79 Å². The van der Waals surface area contributed by atoms with Gasteiger partial charge in [-0.05, 0) is 37.8 Å². The summed E-state index contributed by atoms with van der Waals surface area (Å²) >= 11 is 0. The minimum atomic E-state index is -1.11. The Hall–Kier alpha value is -2.63. The highest BCUT2D eigenvalue weighted by Crippen LogP contribution is 2.16. The molecule has 6 heteroatoms. The quantitative estimate of drug-likeness (QED) is 0.905. The van der Waals surface area contributed by atoms with Crippen LogP contribution < -0.4 is 5.32 Å². The van der Waals surface area contributed by atoms with Gasteiger partial charge in [-0.2, -0.15) is 0 Å². The van der Waals surface area contributed by atoms with Gasteiger partial charge >= 0.3 is 12.1 Å². The maximum Gasteiger partial charge on any atom is 0.408 e. The molecule has 23 heavy (non-hydrogen) atoms. The number of carbonyl (C=O) groups is 2. The van der Waals surface area contributed by atoms with Gasteiger partial charge in [0, 0.05) is 24.2 Å². The molecule has 0 spiro atoms. The molecule has 2 aromatic rings. The molecule has 0 saturated carbocycles. The molecule has 2 rings (SSSR count). The maximum atomic E-state index is 11.8. The van der Waals surface area contributed by atoms with Crippen molar-refractivity contribution >= 4 is 22.8 Å². The van der Waals surface area contributed by atoms with Crippen LogP contribution in [0.25, 0.3) is 10.8 Å². The number of ether oxygens (including phenoxy) is 1. The zero-order chi connectivity index (χ0) is 17.0. The summed E-state index contributed by atoms with van der Waals surface area (Å²) in [6, 6.07) is 6.41. The Morgan fingerprint density at radius 3 is 2.65 bits per heavy atom. The van der Waals surface area contributed by atoms with Gasteiger partial charge in [0.25, 0.3) is 0 Å². The first kappa shape index (κ1) is 16.7. The topological polar surface area (TPSA) is 88.5 Å². The third-order valence-electron chi connectivity index (χ3n) is 3.13. The minimum Gasteiger partial charge on any atom is -0.480 e. The molecule has 0 aliphatic heterocycles. The number of amides is 1. The molecule has 6 nitrogen and oxygen atoms in total. The number of nitrogens with zero attached hydrogens (tertiary/aromatic N) is 1. The van der Waals surface area contributed by atoms with Crippen molar-refractivity contribution in [2.75, 3.05) is 0 Å². The Morgan fingerprint density at radius 2 is 2.00 bits per heavy atom. The molecule has 1 aromatic carbocycles. The normalized spacial score (nSPS) is 12.7. The number of carboxylic acid groups (broad SMARTS) is 1. The Bertz CT molecular complexity index is 722. The number of hydrogen-bond donors (Lipinski definition) is 2. The average Bonchev–Trinajstić information content (AvgIpc) is 2.44. The standard InChI is InChI=1S/C17H20N2O4/c1-17(2,3)23-16(22)19-14(15(20)21)9-11-4-5-13-10-18-7-6-12(13)8-11/h4-8,10,14H,9H2,1-3H3,(H,19,22)(H,20,21). The van der Waals surface area contributed by atoms with Gasteiger partial charge < -0.3 is 15.2 Å². The van der Waals surface area contributed by atoms with E-state index in [2.05, 4.69) is 10.3 Å². The summed E-state index contributed by atoms with van der Waals surface area (Å²) in [6.07, 6.45) is 2.86. The molecule has 0 aliphatic carbocycles. The van der Waals surface area contributed by atoms with Gasteiger partial charge in [0.2, 0.25) is 0 Å². The van der Waals surface area contributed by atoms with Crippen LogP contribution in [-0.2, 0) is 16.0 Å². The Morgan fingerprint density at radius 1 is 1.26 bits per heavy atom. The number of rotatable bonds is 4. The molecule has 0 fully saturated rings. The van der Waals surface area contributed by atoms with E-state index in [9.17, 15) is 14.7 Å². The first-order valence-electron chi connectivity index (χ1n) is 7.29. The second-order valence-electron chi connectivity index (χ2n) is 6.30. The van der Waals surface area contributed by atoms with Crippen LogP contribution in [0.15, 0.2) is 36.7 Å². The molecule has 0 saturated heterocycles. The van der Waals surface area contributed by atoms with Crippen molar-refractivity contribution in [3.05, 3.63) is 42.2 Å². The lowest BCUT2D eigenvalue weighted by atomic mass is 10.0. The van der Waals surface area contributed by atoms with Crippen molar-refractivity contribution in [3.63, 3.8) is 0 Å². The molecule has 122 valence electrons. The first-order valence-corrected chi connectivity index (χ1v) is 7.29. The number of hydrogen-bond acceptors (Lipinski definition) is 4. The lowest BCUT2D eigenvalue weighted by Gasteiger charge is -2.22. The number of carboxylic acids is 1. The van der Waals surface area contributed by atoms with Crippen molar-refractivity contribution in [3.8, 4) is 0 Å². The maximum absolute atomic E-state index is 11.8. The van der Waals surface area contributed by atoms with Crippen LogP contribution in [0.5, 0.6) is 0 Å². The highest BCUT2D eigenvalue weighted by molar-refractivity contribution is 5.83. The van der Waals surface area contributed by atoms with Gasteiger partial charge in [0.1, 0.15) is 11.6 Å². The van der Waals surface area contributed by atoms with Crippen molar-refractivity contribution in [1.82, 2.24) is 10.3 Å². The summed E-state index contributed by atoms with van der Waals surface area (Å²) in [7, 11) is 0. The second kappa shape index (κ2) is 6.64.